The van der Waals surface area contributed by atoms with Crippen LogP contribution in [0.1, 0.15) is 5.56 Å². The molecule has 2 rings (SSSR count). The van der Waals surface area contributed by atoms with Crippen molar-refractivity contribution in [3.05, 3.63) is 58.1 Å². The number of anilines is 1. The van der Waals surface area contributed by atoms with E-state index < -0.39 is 0 Å². The van der Waals surface area contributed by atoms with Gasteiger partial charge in [0.1, 0.15) is 5.75 Å². The van der Waals surface area contributed by atoms with Crippen LogP contribution in [0.4, 0.5) is 5.69 Å². The van der Waals surface area contributed by atoms with Crippen molar-refractivity contribution in [3.63, 3.8) is 0 Å². The predicted octanol–water partition coefficient (Wildman–Crippen LogP) is 4.31. The van der Waals surface area contributed by atoms with E-state index in [0.29, 0.717) is 16.6 Å². The molecule has 0 aliphatic rings. The molecule has 0 aliphatic heterocycles. The molecule has 2 nitrogen and oxygen atoms in total. The quantitative estimate of drug-likeness (QED) is 0.869. The van der Waals surface area contributed by atoms with Crippen LogP contribution < -0.4 is 5.32 Å². The first kappa shape index (κ1) is 12.1. The summed E-state index contributed by atoms with van der Waals surface area (Å²) < 4.78 is 0. The Kier molecular flexibility index (Phi) is 3.77. The second-order valence-electron chi connectivity index (χ2n) is 3.68. The molecule has 17 heavy (non-hydrogen) atoms. The highest BCUT2D eigenvalue weighted by atomic mass is 35.5. The molecule has 0 fully saturated rings. The lowest BCUT2D eigenvalue weighted by Crippen LogP contribution is -1.98. The number of benzene rings is 2. The Morgan fingerprint density at radius 2 is 1.53 bits per heavy atom. The molecule has 0 atom stereocenters. The number of halogens is 2. The van der Waals surface area contributed by atoms with Crippen molar-refractivity contribution < 1.29 is 5.11 Å². The van der Waals surface area contributed by atoms with E-state index in [0.717, 1.165) is 11.3 Å². The molecule has 0 amide bonds. The van der Waals surface area contributed by atoms with Gasteiger partial charge in [-0.2, -0.15) is 0 Å². The van der Waals surface area contributed by atoms with Gasteiger partial charge < -0.3 is 10.4 Å². The van der Waals surface area contributed by atoms with Gasteiger partial charge in [0.15, 0.2) is 0 Å². The number of nitrogens with one attached hydrogen (secondary N) is 1. The normalized spacial score (nSPS) is 10.2. The third-order valence-electron chi connectivity index (χ3n) is 2.30. The average molecular weight is 268 g/mol. The first-order chi connectivity index (χ1) is 8.13. The van der Waals surface area contributed by atoms with Crippen LogP contribution in [-0.4, -0.2) is 5.11 Å². The Morgan fingerprint density at radius 1 is 0.941 bits per heavy atom. The minimum Gasteiger partial charge on any atom is -0.508 e. The van der Waals surface area contributed by atoms with Gasteiger partial charge in [0, 0.05) is 22.3 Å². The van der Waals surface area contributed by atoms with Crippen LogP contribution >= 0.6 is 23.2 Å². The van der Waals surface area contributed by atoms with Crippen LogP contribution in [0.3, 0.4) is 0 Å². The fourth-order valence-electron chi connectivity index (χ4n) is 1.47. The topological polar surface area (TPSA) is 32.3 Å². The molecule has 2 N–H and O–H groups in total. The van der Waals surface area contributed by atoms with E-state index in [2.05, 4.69) is 5.32 Å². The molecule has 2 aromatic carbocycles. The smallest absolute Gasteiger partial charge is 0.115 e. The third-order valence-corrected chi connectivity index (χ3v) is 2.73. The van der Waals surface area contributed by atoms with Crippen molar-refractivity contribution >= 4 is 28.9 Å². The highest BCUT2D eigenvalue weighted by Gasteiger charge is 1.98. The lowest BCUT2D eigenvalue weighted by molar-refractivity contribution is 0.475. The molecule has 0 spiro atoms. The van der Waals surface area contributed by atoms with E-state index >= 15 is 0 Å². The number of rotatable bonds is 3. The Bertz CT molecular complexity index is 491. The maximum atomic E-state index is 9.16. The zero-order valence-electron chi connectivity index (χ0n) is 8.95. The Morgan fingerprint density at radius 3 is 2.12 bits per heavy atom. The minimum atomic E-state index is 0.263. The zero-order chi connectivity index (χ0) is 12.3. The number of hydrogen-bond donors (Lipinski definition) is 2. The monoisotopic (exact) mass is 267 g/mol. The molecule has 0 aliphatic carbocycles. The summed E-state index contributed by atoms with van der Waals surface area (Å²) in [6.07, 6.45) is 0. The highest BCUT2D eigenvalue weighted by molar-refractivity contribution is 6.35. The predicted molar refractivity (Wildman–Crippen MR) is 71.9 cm³/mol. The van der Waals surface area contributed by atoms with Crippen LogP contribution in [0, 0.1) is 0 Å². The molecular formula is C13H11Cl2NO. The Hall–Kier alpha value is -1.38. The summed E-state index contributed by atoms with van der Waals surface area (Å²) in [6, 6.07) is 12.3. The van der Waals surface area contributed by atoms with Gasteiger partial charge in [-0.3, -0.25) is 0 Å². The van der Waals surface area contributed by atoms with Gasteiger partial charge in [0.2, 0.25) is 0 Å². The maximum absolute atomic E-state index is 9.16. The summed E-state index contributed by atoms with van der Waals surface area (Å²) in [5.74, 6) is 0.263. The Balaban J connectivity index is 2.04. The summed E-state index contributed by atoms with van der Waals surface area (Å²) in [7, 11) is 0. The van der Waals surface area contributed by atoms with Crippen LogP contribution in [-0.2, 0) is 6.54 Å². The minimum absolute atomic E-state index is 0.263. The SMILES string of the molecule is Oc1ccc(CNc2cc(Cl)cc(Cl)c2)cc1. The van der Waals surface area contributed by atoms with Crippen LogP contribution in [0.5, 0.6) is 5.75 Å². The van der Waals surface area contributed by atoms with Gasteiger partial charge in [-0.15, -0.1) is 0 Å². The van der Waals surface area contributed by atoms with Gasteiger partial charge in [-0.25, -0.2) is 0 Å². The molecule has 0 radical (unpaired) electrons. The lowest BCUT2D eigenvalue weighted by Gasteiger charge is -2.07. The van der Waals surface area contributed by atoms with E-state index in [1.165, 1.54) is 0 Å². The largest absolute Gasteiger partial charge is 0.508 e. The number of hydrogen-bond acceptors (Lipinski definition) is 2. The standard InChI is InChI=1S/C13H11Cl2NO/c14-10-5-11(15)7-12(6-10)16-8-9-1-3-13(17)4-2-9/h1-7,16-17H,8H2. The second-order valence-corrected chi connectivity index (χ2v) is 4.55. The molecule has 0 heterocycles. The van der Waals surface area contributed by atoms with Gasteiger partial charge in [0.05, 0.1) is 0 Å². The second kappa shape index (κ2) is 5.30. The van der Waals surface area contributed by atoms with Crippen molar-refractivity contribution in [1.29, 1.82) is 0 Å². The maximum Gasteiger partial charge on any atom is 0.115 e. The summed E-state index contributed by atoms with van der Waals surface area (Å²) in [4.78, 5) is 0. The van der Waals surface area contributed by atoms with Gasteiger partial charge >= 0.3 is 0 Å². The highest BCUT2D eigenvalue weighted by Crippen LogP contribution is 2.23. The lowest BCUT2D eigenvalue weighted by atomic mass is 10.2. The fraction of sp³-hybridized carbons (Fsp3) is 0.0769. The molecule has 0 unspecified atom stereocenters. The molecular weight excluding hydrogens is 257 g/mol. The molecule has 0 saturated carbocycles. The van der Waals surface area contributed by atoms with Crippen LogP contribution in [0.15, 0.2) is 42.5 Å². The summed E-state index contributed by atoms with van der Waals surface area (Å²) in [5, 5.41) is 13.6. The van der Waals surface area contributed by atoms with Crippen molar-refractivity contribution in [2.24, 2.45) is 0 Å². The van der Waals surface area contributed by atoms with Gasteiger partial charge in [-0.05, 0) is 35.9 Å². The molecule has 0 bridgehead atoms. The third kappa shape index (κ3) is 3.55. The average Bonchev–Trinajstić information content (AvgIpc) is 2.27. The number of aromatic hydroxyl groups is 1. The number of phenolic OH excluding ortho intramolecular Hbond substituents is 1. The van der Waals surface area contributed by atoms with Crippen LogP contribution in [0.2, 0.25) is 10.0 Å². The van der Waals surface area contributed by atoms with Crippen molar-refractivity contribution in [1.82, 2.24) is 0 Å². The molecule has 0 saturated heterocycles. The number of phenols is 1. The first-order valence-electron chi connectivity index (χ1n) is 5.11. The summed E-state index contributed by atoms with van der Waals surface area (Å²) in [6.45, 7) is 0.650. The molecule has 2 aromatic rings. The van der Waals surface area contributed by atoms with Crippen molar-refractivity contribution in [2.45, 2.75) is 6.54 Å². The van der Waals surface area contributed by atoms with Gasteiger partial charge in [0.25, 0.3) is 0 Å². The van der Waals surface area contributed by atoms with E-state index in [1.807, 2.05) is 24.3 Å². The first-order valence-corrected chi connectivity index (χ1v) is 5.87. The molecule has 4 heteroatoms. The zero-order valence-corrected chi connectivity index (χ0v) is 10.5. The Labute approximate surface area is 110 Å². The van der Waals surface area contributed by atoms with Crippen LogP contribution in [0.25, 0.3) is 0 Å². The fourth-order valence-corrected chi connectivity index (χ4v) is 2.00. The molecule has 0 aromatic heterocycles. The van der Waals surface area contributed by atoms with Crippen molar-refractivity contribution in [2.75, 3.05) is 5.32 Å². The van der Waals surface area contributed by atoms with E-state index in [9.17, 15) is 0 Å². The van der Waals surface area contributed by atoms with E-state index in [4.69, 9.17) is 28.3 Å². The summed E-state index contributed by atoms with van der Waals surface area (Å²) >= 11 is 11.8. The van der Waals surface area contributed by atoms with Crippen molar-refractivity contribution in [3.8, 4) is 5.75 Å². The molecule has 88 valence electrons. The van der Waals surface area contributed by atoms with E-state index in [1.54, 1.807) is 18.2 Å². The van der Waals surface area contributed by atoms with Gasteiger partial charge in [-0.1, -0.05) is 35.3 Å². The van der Waals surface area contributed by atoms with E-state index in [-0.39, 0.29) is 5.75 Å². The summed E-state index contributed by atoms with van der Waals surface area (Å²) in [5.41, 5.74) is 1.94.